The van der Waals surface area contributed by atoms with Gasteiger partial charge in [0.25, 0.3) is 0 Å². The van der Waals surface area contributed by atoms with Gasteiger partial charge in [-0.15, -0.1) is 11.3 Å². The summed E-state index contributed by atoms with van der Waals surface area (Å²) >= 11 is 3.30. The second kappa shape index (κ2) is 8.70. The Hall–Kier alpha value is -1.48. The van der Waals surface area contributed by atoms with Gasteiger partial charge in [-0.05, 0) is 50.8 Å². The minimum absolute atomic E-state index is 0.194. The lowest BCUT2D eigenvalue weighted by Crippen LogP contribution is -2.33. The number of hydrogen-bond donors (Lipinski definition) is 1. The summed E-state index contributed by atoms with van der Waals surface area (Å²) in [6, 6.07) is 0. The van der Waals surface area contributed by atoms with Crippen molar-refractivity contribution in [3.8, 4) is 0 Å². The summed E-state index contributed by atoms with van der Waals surface area (Å²) in [5.41, 5.74) is 4.64. The number of rotatable bonds is 6. The van der Waals surface area contributed by atoms with Gasteiger partial charge in [-0.3, -0.25) is 0 Å². The Balaban J connectivity index is 1.69. The molecule has 1 saturated heterocycles. The smallest absolute Gasteiger partial charge is 0.189 e. The molecule has 0 radical (unpaired) electrons. The highest BCUT2D eigenvalue weighted by atomic mass is 32.2. The molecule has 2 aliphatic heterocycles. The first kappa shape index (κ1) is 22.3. The maximum atomic E-state index is 6.22. The number of thioether (sulfide) groups is 1. The molecule has 0 saturated carbocycles. The van der Waals surface area contributed by atoms with Crippen LogP contribution in [0.4, 0.5) is 5.82 Å². The summed E-state index contributed by atoms with van der Waals surface area (Å²) in [6.45, 7) is 11.1. The van der Waals surface area contributed by atoms with Crippen LogP contribution in [0.5, 0.6) is 0 Å². The van der Waals surface area contributed by atoms with Gasteiger partial charge in [0.15, 0.2) is 5.16 Å². The lowest BCUT2D eigenvalue weighted by molar-refractivity contribution is -0.0402. The SMILES string of the molecule is CSc1nc(NCC2CCCO2)c2sc3nc(CC(C)C)c4c(c3c2n1)CC(C)(C)OC4. The molecule has 1 N–H and O–H groups in total. The summed E-state index contributed by atoms with van der Waals surface area (Å²) in [5, 5.41) is 5.56. The molecule has 8 heteroatoms. The van der Waals surface area contributed by atoms with E-state index in [4.69, 9.17) is 24.4 Å². The standard InChI is InChI=1S/C24H32N4O2S2/c1-13(2)9-17-16-12-30-24(3,4)10-15(16)18-19-20(32-22(18)26-17)21(28-23(27-19)31-5)25-11-14-7-6-8-29-14/h13-14H,6-12H2,1-5H3,(H,25,27,28). The van der Waals surface area contributed by atoms with E-state index in [0.717, 1.165) is 64.9 Å². The van der Waals surface area contributed by atoms with Crippen molar-refractivity contribution in [3.63, 3.8) is 0 Å². The quantitative estimate of drug-likeness (QED) is 0.370. The third-order valence-electron chi connectivity index (χ3n) is 6.26. The first-order chi connectivity index (χ1) is 15.3. The highest BCUT2D eigenvalue weighted by Gasteiger charge is 2.32. The van der Waals surface area contributed by atoms with Gasteiger partial charge in [-0.1, -0.05) is 25.6 Å². The Bertz CT molecular complexity index is 1150. The molecule has 3 aromatic rings. The number of thiophene rings is 1. The van der Waals surface area contributed by atoms with Crippen molar-refractivity contribution in [2.24, 2.45) is 5.92 Å². The minimum atomic E-state index is -0.194. The van der Waals surface area contributed by atoms with Crippen molar-refractivity contribution in [3.05, 3.63) is 16.8 Å². The van der Waals surface area contributed by atoms with Crippen LogP contribution in [0.25, 0.3) is 20.4 Å². The fraction of sp³-hybridized carbons (Fsp3) is 0.625. The Morgan fingerprint density at radius 3 is 2.78 bits per heavy atom. The topological polar surface area (TPSA) is 69.2 Å². The monoisotopic (exact) mass is 472 g/mol. The van der Waals surface area contributed by atoms with E-state index in [0.29, 0.717) is 12.5 Å². The molecular formula is C24H32N4O2S2. The second-order valence-corrected chi connectivity index (χ2v) is 11.6. The van der Waals surface area contributed by atoms with Crippen LogP contribution in [0.3, 0.4) is 0 Å². The van der Waals surface area contributed by atoms with Crippen LogP contribution in [0.15, 0.2) is 5.16 Å². The van der Waals surface area contributed by atoms with Crippen molar-refractivity contribution < 1.29 is 9.47 Å². The molecule has 3 aromatic heterocycles. The van der Waals surface area contributed by atoms with Crippen molar-refractivity contribution in [2.75, 3.05) is 24.7 Å². The summed E-state index contributed by atoms with van der Waals surface area (Å²) in [7, 11) is 0. The third kappa shape index (κ3) is 4.22. The van der Waals surface area contributed by atoms with Gasteiger partial charge >= 0.3 is 0 Å². The molecule has 32 heavy (non-hydrogen) atoms. The highest BCUT2D eigenvalue weighted by molar-refractivity contribution is 7.98. The van der Waals surface area contributed by atoms with Gasteiger partial charge in [0.1, 0.15) is 10.6 Å². The van der Waals surface area contributed by atoms with Crippen LogP contribution in [0.2, 0.25) is 0 Å². The molecule has 5 heterocycles. The summed E-state index contributed by atoms with van der Waals surface area (Å²) < 4.78 is 13.1. The number of fused-ring (bicyclic) bond motifs is 5. The van der Waals surface area contributed by atoms with E-state index in [-0.39, 0.29) is 11.7 Å². The maximum absolute atomic E-state index is 6.22. The van der Waals surface area contributed by atoms with E-state index < -0.39 is 0 Å². The zero-order valence-corrected chi connectivity index (χ0v) is 21.2. The average molecular weight is 473 g/mol. The van der Waals surface area contributed by atoms with E-state index in [1.54, 1.807) is 23.1 Å². The molecule has 1 atom stereocenters. The van der Waals surface area contributed by atoms with E-state index in [9.17, 15) is 0 Å². The third-order valence-corrected chi connectivity index (χ3v) is 7.89. The molecule has 1 unspecified atom stereocenters. The fourth-order valence-corrected chi connectivity index (χ4v) is 6.20. The Morgan fingerprint density at radius 2 is 2.06 bits per heavy atom. The molecule has 0 aliphatic carbocycles. The number of ether oxygens (including phenoxy) is 2. The fourth-order valence-electron chi connectivity index (χ4n) is 4.70. The van der Waals surface area contributed by atoms with Gasteiger partial charge in [0.05, 0.1) is 28.5 Å². The minimum Gasteiger partial charge on any atom is -0.376 e. The number of pyridine rings is 1. The first-order valence-corrected chi connectivity index (χ1v) is 13.6. The van der Waals surface area contributed by atoms with Gasteiger partial charge in [0.2, 0.25) is 0 Å². The van der Waals surface area contributed by atoms with E-state index in [2.05, 4.69) is 33.0 Å². The second-order valence-electron chi connectivity index (χ2n) is 9.87. The molecule has 6 nitrogen and oxygen atoms in total. The Labute approximate surface area is 197 Å². The molecule has 2 aliphatic rings. The number of hydrogen-bond acceptors (Lipinski definition) is 8. The summed E-state index contributed by atoms with van der Waals surface area (Å²) in [4.78, 5) is 16.0. The van der Waals surface area contributed by atoms with Crippen molar-refractivity contribution >= 4 is 49.3 Å². The van der Waals surface area contributed by atoms with Crippen molar-refractivity contribution in [1.82, 2.24) is 15.0 Å². The van der Waals surface area contributed by atoms with E-state index >= 15 is 0 Å². The van der Waals surface area contributed by atoms with Crippen molar-refractivity contribution in [2.45, 2.75) is 76.8 Å². The summed E-state index contributed by atoms with van der Waals surface area (Å²) in [5.74, 6) is 1.45. The molecular weight excluding hydrogens is 440 g/mol. The molecule has 0 bridgehead atoms. The predicted molar refractivity (Wildman–Crippen MR) is 133 cm³/mol. The van der Waals surface area contributed by atoms with E-state index in [1.165, 1.54) is 22.2 Å². The van der Waals surface area contributed by atoms with Crippen molar-refractivity contribution in [1.29, 1.82) is 0 Å². The Morgan fingerprint density at radius 1 is 1.22 bits per heavy atom. The zero-order chi connectivity index (χ0) is 22.5. The zero-order valence-electron chi connectivity index (χ0n) is 19.6. The van der Waals surface area contributed by atoms with Crippen LogP contribution in [-0.2, 0) is 28.9 Å². The molecule has 0 amide bonds. The highest BCUT2D eigenvalue weighted by Crippen LogP contribution is 2.43. The van der Waals surface area contributed by atoms with Crippen LogP contribution >= 0.6 is 23.1 Å². The predicted octanol–water partition coefficient (Wildman–Crippen LogP) is 5.60. The first-order valence-electron chi connectivity index (χ1n) is 11.5. The molecule has 5 rings (SSSR count). The van der Waals surface area contributed by atoms with Crippen LogP contribution in [-0.4, -0.2) is 46.1 Å². The van der Waals surface area contributed by atoms with Crippen LogP contribution in [0.1, 0.15) is 57.4 Å². The number of anilines is 1. The molecule has 1 fully saturated rings. The normalized spacial score (nSPS) is 20.4. The lowest BCUT2D eigenvalue weighted by atomic mass is 9.88. The lowest BCUT2D eigenvalue weighted by Gasteiger charge is -2.33. The van der Waals surface area contributed by atoms with Gasteiger partial charge in [-0.2, -0.15) is 0 Å². The van der Waals surface area contributed by atoms with Crippen LogP contribution < -0.4 is 5.32 Å². The number of nitrogens with one attached hydrogen (secondary N) is 1. The van der Waals surface area contributed by atoms with Gasteiger partial charge in [0, 0.05) is 36.2 Å². The van der Waals surface area contributed by atoms with Gasteiger partial charge in [-0.25, -0.2) is 15.0 Å². The largest absolute Gasteiger partial charge is 0.376 e. The van der Waals surface area contributed by atoms with Crippen LogP contribution in [0, 0.1) is 5.92 Å². The molecule has 0 aromatic carbocycles. The molecule has 172 valence electrons. The Kier molecular flexibility index (Phi) is 6.07. The summed E-state index contributed by atoms with van der Waals surface area (Å²) in [6.07, 6.45) is 6.36. The number of aromatic nitrogens is 3. The number of nitrogens with zero attached hydrogens (tertiary/aromatic N) is 3. The average Bonchev–Trinajstić information content (AvgIpc) is 3.38. The maximum Gasteiger partial charge on any atom is 0.189 e. The molecule has 0 spiro atoms. The van der Waals surface area contributed by atoms with E-state index in [1.807, 2.05) is 6.26 Å². The van der Waals surface area contributed by atoms with Gasteiger partial charge < -0.3 is 14.8 Å².